The zero-order valence-corrected chi connectivity index (χ0v) is 18.6. The molecule has 0 aliphatic carbocycles. The zero-order valence-electron chi connectivity index (χ0n) is 17.0. The molecule has 8 heteroatoms. The lowest BCUT2D eigenvalue weighted by Crippen LogP contribution is -2.18. The van der Waals surface area contributed by atoms with Crippen molar-refractivity contribution < 1.29 is 9.13 Å². The van der Waals surface area contributed by atoms with Crippen LogP contribution in [0.1, 0.15) is 30.3 Å². The van der Waals surface area contributed by atoms with Crippen LogP contribution in [0.4, 0.5) is 4.39 Å². The van der Waals surface area contributed by atoms with E-state index in [0.717, 1.165) is 35.0 Å². The molecule has 0 atom stereocenters. The number of nitrogens with zero attached hydrogens (tertiary/aromatic N) is 2. The van der Waals surface area contributed by atoms with E-state index in [1.165, 1.54) is 6.07 Å². The highest BCUT2D eigenvalue weighted by Gasteiger charge is 2.13. The van der Waals surface area contributed by atoms with Crippen LogP contribution in [0.2, 0.25) is 5.02 Å². The molecule has 160 valence electrons. The van der Waals surface area contributed by atoms with Crippen LogP contribution in [-0.2, 0) is 19.6 Å². The minimum Gasteiger partial charge on any atom is -0.488 e. The Kier molecular flexibility index (Phi) is 6.53. The number of aryl methyl sites for hydroxylation is 1. The average Bonchev–Trinajstić information content (AvgIpc) is 3.11. The van der Waals surface area contributed by atoms with Gasteiger partial charge in [-0.3, -0.25) is 5.10 Å². The summed E-state index contributed by atoms with van der Waals surface area (Å²) in [7, 11) is 0. The van der Waals surface area contributed by atoms with Gasteiger partial charge in [-0.15, -0.1) is 0 Å². The molecule has 31 heavy (non-hydrogen) atoms. The minimum absolute atomic E-state index is 0.0308. The molecule has 1 heterocycles. The molecule has 4 aromatic rings. The molecule has 3 aromatic carbocycles. The number of rotatable bonds is 8. The lowest BCUT2D eigenvalue weighted by atomic mass is 10.0. The molecule has 4 rings (SSSR count). The van der Waals surface area contributed by atoms with E-state index in [1.54, 1.807) is 16.8 Å². The molecule has 0 unspecified atom stereocenters. The smallest absolute Gasteiger partial charge is 0.214 e. The summed E-state index contributed by atoms with van der Waals surface area (Å²) in [5, 5.41) is 9.59. The summed E-state index contributed by atoms with van der Waals surface area (Å²) in [6, 6.07) is 16.6. The van der Waals surface area contributed by atoms with Crippen molar-refractivity contribution in [1.82, 2.24) is 14.9 Å². The Hall–Kier alpha value is -2.90. The number of nitrogens with one attached hydrogen (secondary N) is 2. The van der Waals surface area contributed by atoms with E-state index in [0.29, 0.717) is 27.7 Å². The molecule has 1 aromatic heterocycles. The Morgan fingerprint density at radius 3 is 2.77 bits per heavy atom. The number of hydrogen-bond donors (Lipinski definition) is 2. The van der Waals surface area contributed by atoms with E-state index >= 15 is 0 Å². The third kappa shape index (κ3) is 4.57. The largest absolute Gasteiger partial charge is 0.488 e. The summed E-state index contributed by atoms with van der Waals surface area (Å²) in [5.74, 6) is 1.10. The van der Waals surface area contributed by atoms with Gasteiger partial charge in [-0.05, 0) is 47.6 Å². The maximum atomic E-state index is 14.2. The maximum absolute atomic E-state index is 14.2. The Labute approximate surface area is 189 Å². The highest BCUT2D eigenvalue weighted by molar-refractivity contribution is 7.71. The van der Waals surface area contributed by atoms with Crippen molar-refractivity contribution >= 4 is 34.6 Å². The van der Waals surface area contributed by atoms with Gasteiger partial charge in [0.25, 0.3) is 0 Å². The van der Waals surface area contributed by atoms with E-state index in [4.69, 9.17) is 28.6 Å². The number of aromatic nitrogens is 3. The molecule has 0 saturated heterocycles. The van der Waals surface area contributed by atoms with Crippen LogP contribution in [0.15, 0.2) is 54.6 Å². The average molecular weight is 457 g/mol. The lowest BCUT2D eigenvalue weighted by molar-refractivity contribution is 0.297. The third-order valence-electron chi connectivity index (χ3n) is 5.06. The topological polar surface area (TPSA) is 54.9 Å². The molecule has 0 saturated carbocycles. The first-order chi connectivity index (χ1) is 15.1. The number of H-pyrrole nitrogens is 1. The molecule has 0 amide bonds. The summed E-state index contributed by atoms with van der Waals surface area (Å²) in [5.41, 5.74) is 4.63. The predicted octanol–water partition coefficient (Wildman–Crippen LogP) is 6.16. The summed E-state index contributed by atoms with van der Waals surface area (Å²) >= 11 is 11.5. The molecule has 0 spiro atoms. The van der Waals surface area contributed by atoms with Crippen molar-refractivity contribution in [3.63, 3.8) is 0 Å². The zero-order chi connectivity index (χ0) is 21.8. The molecule has 5 nitrogen and oxygen atoms in total. The van der Waals surface area contributed by atoms with E-state index in [-0.39, 0.29) is 12.4 Å². The van der Waals surface area contributed by atoms with E-state index in [9.17, 15) is 4.39 Å². The monoisotopic (exact) mass is 456 g/mol. The SMILES string of the molecule is CCCc1n[nH]c(=S)n1NCc1c(OCc2c(F)cccc2Cl)ccc2ccccc12. The molecular weight excluding hydrogens is 435 g/mol. The molecular formula is C23H22ClFN4OS. The Morgan fingerprint density at radius 2 is 1.97 bits per heavy atom. The first kappa shape index (κ1) is 21.3. The standard InChI is InChI=1S/C23H22ClFN4OS/c1-2-6-22-27-28-23(31)29(22)26-13-17-16-8-4-3-7-15(16)11-12-21(17)30-14-18-19(24)9-5-10-20(18)25/h3-5,7-12,26H,2,6,13-14H2,1H3,(H,28,31). The second-order valence-corrected chi connectivity index (χ2v) is 7.91. The molecule has 2 N–H and O–H groups in total. The number of fused-ring (bicyclic) bond motifs is 1. The van der Waals surface area contributed by atoms with E-state index in [2.05, 4.69) is 22.5 Å². The van der Waals surface area contributed by atoms with Gasteiger partial charge in [-0.2, -0.15) is 5.10 Å². The van der Waals surface area contributed by atoms with Crippen LogP contribution in [0.25, 0.3) is 10.8 Å². The number of benzene rings is 3. The van der Waals surface area contributed by atoms with Crippen LogP contribution in [0.5, 0.6) is 5.75 Å². The van der Waals surface area contributed by atoms with Gasteiger partial charge in [-0.1, -0.05) is 54.9 Å². The number of halogens is 2. The van der Waals surface area contributed by atoms with Gasteiger partial charge in [0.05, 0.1) is 11.6 Å². The molecule has 0 radical (unpaired) electrons. The molecule has 0 fully saturated rings. The summed E-state index contributed by atoms with van der Waals surface area (Å²) in [6.45, 7) is 2.57. The fourth-order valence-electron chi connectivity index (χ4n) is 3.50. The van der Waals surface area contributed by atoms with Gasteiger partial charge >= 0.3 is 0 Å². The third-order valence-corrected chi connectivity index (χ3v) is 5.69. The van der Waals surface area contributed by atoms with Crippen molar-refractivity contribution in [1.29, 1.82) is 0 Å². The Balaban J connectivity index is 1.66. The first-order valence-corrected chi connectivity index (χ1v) is 10.8. The Morgan fingerprint density at radius 1 is 1.13 bits per heavy atom. The van der Waals surface area contributed by atoms with Crippen molar-refractivity contribution in [2.24, 2.45) is 0 Å². The van der Waals surface area contributed by atoms with E-state index < -0.39 is 0 Å². The summed E-state index contributed by atoms with van der Waals surface area (Å²) in [6.07, 6.45) is 1.75. The Bertz CT molecular complexity index is 1250. The van der Waals surface area contributed by atoms with Crippen LogP contribution in [-0.4, -0.2) is 14.9 Å². The highest BCUT2D eigenvalue weighted by atomic mass is 35.5. The normalized spacial score (nSPS) is 11.1. The van der Waals surface area contributed by atoms with Crippen molar-refractivity contribution in [2.45, 2.75) is 32.9 Å². The highest BCUT2D eigenvalue weighted by Crippen LogP contribution is 2.30. The fraction of sp³-hybridized carbons (Fsp3) is 0.217. The number of hydrogen-bond acceptors (Lipinski definition) is 4. The van der Waals surface area contributed by atoms with Gasteiger partial charge in [0.15, 0.2) is 5.82 Å². The second kappa shape index (κ2) is 9.49. The van der Waals surface area contributed by atoms with Crippen LogP contribution >= 0.6 is 23.8 Å². The first-order valence-electron chi connectivity index (χ1n) is 10.0. The molecule has 0 bridgehead atoms. The quantitative estimate of drug-likeness (QED) is 0.312. The van der Waals surface area contributed by atoms with Crippen LogP contribution in [0.3, 0.4) is 0 Å². The van der Waals surface area contributed by atoms with E-state index in [1.807, 2.05) is 36.4 Å². The van der Waals surface area contributed by atoms with Crippen molar-refractivity contribution in [3.05, 3.63) is 87.2 Å². The van der Waals surface area contributed by atoms with Gasteiger partial charge in [0.2, 0.25) is 4.77 Å². The van der Waals surface area contributed by atoms with Crippen molar-refractivity contribution in [2.75, 3.05) is 5.43 Å². The molecule has 0 aliphatic rings. The fourth-order valence-corrected chi connectivity index (χ4v) is 3.93. The summed E-state index contributed by atoms with van der Waals surface area (Å²) in [4.78, 5) is 0. The number of aromatic amines is 1. The van der Waals surface area contributed by atoms with Crippen LogP contribution in [0, 0.1) is 10.6 Å². The van der Waals surface area contributed by atoms with Crippen molar-refractivity contribution in [3.8, 4) is 5.75 Å². The van der Waals surface area contributed by atoms with Gasteiger partial charge in [-0.25, -0.2) is 9.07 Å². The second-order valence-electron chi connectivity index (χ2n) is 7.12. The van der Waals surface area contributed by atoms with Gasteiger partial charge in [0.1, 0.15) is 18.2 Å². The predicted molar refractivity (Wildman–Crippen MR) is 124 cm³/mol. The lowest BCUT2D eigenvalue weighted by Gasteiger charge is -2.17. The maximum Gasteiger partial charge on any atom is 0.214 e. The number of ether oxygens (including phenoxy) is 1. The summed E-state index contributed by atoms with van der Waals surface area (Å²) < 4.78 is 22.5. The van der Waals surface area contributed by atoms with Gasteiger partial charge < -0.3 is 10.2 Å². The minimum atomic E-state index is -0.387. The van der Waals surface area contributed by atoms with Crippen LogP contribution < -0.4 is 10.2 Å². The molecule has 0 aliphatic heterocycles. The van der Waals surface area contributed by atoms with Gasteiger partial charge in [0, 0.05) is 17.5 Å².